The lowest BCUT2D eigenvalue weighted by Crippen LogP contribution is -2.29. The van der Waals surface area contributed by atoms with Gasteiger partial charge in [-0.2, -0.15) is 0 Å². The summed E-state index contributed by atoms with van der Waals surface area (Å²) in [5.41, 5.74) is 1.19. The number of imidazole rings is 1. The number of aromatic amines is 1. The number of nitrogens with zero attached hydrogens (tertiary/aromatic N) is 3. The van der Waals surface area contributed by atoms with Gasteiger partial charge in [-0.1, -0.05) is 59.8 Å². The van der Waals surface area contributed by atoms with Gasteiger partial charge in [-0.25, -0.2) is 14.2 Å². The summed E-state index contributed by atoms with van der Waals surface area (Å²) in [6, 6.07) is 14.6. The molecule has 0 saturated carbocycles. The number of nitrogens with one attached hydrogen (secondary N) is 1. The van der Waals surface area contributed by atoms with Crippen LogP contribution < -0.4 is 11.2 Å². The average Bonchev–Trinajstić information content (AvgIpc) is 3.12. The maximum absolute atomic E-state index is 14.2. The van der Waals surface area contributed by atoms with Crippen LogP contribution >= 0.6 is 23.4 Å². The third-order valence-corrected chi connectivity index (χ3v) is 6.43. The lowest BCUT2D eigenvalue weighted by atomic mass is 10.1. The van der Waals surface area contributed by atoms with Crippen molar-refractivity contribution < 1.29 is 4.39 Å². The minimum atomic E-state index is -0.528. The smallest absolute Gasteiger partial charge is 0.313 e. The van der Waals surface area contributed by atoms with Gasteiger partial charge in [-0.15, -0.1) is 0 Å². The molecule has 0 fully saturated rings. The minimum Gasteiger partial charge on any atom is -0.313 e. The largest absolute Gasteiger partial charge is 0.329 e. The van der Waals surface area contributed by atoms with Crippen molar-refractivity contribution in [2.75, 3.05) is 0 Å². The van der Waals surface area contributed by atoms with E-state index >= 15 is 0 Å². The molecule has 0 atom stereocenters. The van der Waals surface area contributed by atoms with Gasteiger partial charge < -0.3 is 4.57 Å². The number of hydrogen-bond acceptors (Lipinski definition) is 4. The molecule has 0 unspecified atom stereocenters. The quantitative estimate of drug-likeness (QED) is 0.422. The standard InChI is InChI=1S/C22H20ClFN4O2S/c1-27-19-18(20(29)26-21(27)30)28(12-6-9-14-7-3-2-4-8-14)22(25-19)31-13-15-16(23)10-5-11-17(15)24/h2-5,7-8,10-11H,6,9,12-13H2,1H3,(H,26,29,30). The molecule has 0 aliphatic carbocycles. The molecule has 4 aromatic rings. The molecule has 0 aliphatic heterocycles. The highest BCUT2D eigenvalue weighted by Gasteiger charge is 2.18. The molecule has 2 aromatic heterocycles. The number of hydrogen-bond donors (Lipinski definition) is 1. The first-order valence-corrected chi connectivity index (χ1v) is 11.1. The summed E-state index contributed by atoms with van der Waals surface area (Å²) in [6.07, 6.45) is 1.60. The maximum Gasteiger partial charge on any atom is 0.329 e. The normalized spacial score (nSPS) is 11.3. The number of rotatable bonds is 7. The molecule has 6 nitrogen and oxygen atoms in total. The fourth-order valence-corrected chi connectivity index (χ4v) is 4.79. The van der Waals surface area contributed by atoms with Crippen molar-refractivity contribution in [3.8, 4) is 0 Å². The molecule has 0 aliphatic rings. The van der Waals surface area contributed by atoms with Crippen LogP contribution in [0.4, 0.5) is 4.39 Å². The van der Waals surface area contributed by atoms with Crippen LogP contribution in [0.2, 0.25) is 5.02 Å². The SMILES string of the molecule is Cn1c(=O)[nH]c(=O)c2c1nc(SCc1c(F)cccc1Cl)n2CCCc1ccccc1. The molecule has 1 N–H and O–H groups in total. The minimum absolute atomic E-state index is 0.249. The Hall–Kier alpha value is -2.84. The van der Waals surface area contributed by atoms with E-state index in [0.717, 1.165) is 12.8 Å². The van der Waals surface area contributed by atoms with Crippen LogP contribution in [-0.4, -0.2) is 19.1 Å². The van der Waals surface area contributed by atoms with Crippen LogP contribution in [0.1, 0.15) is 17.5 Å². The lowest BCUT2D eigenvalue weighted by molar-refractivity contribution is 0.607. The second-order valence-electron chi connectivity index (χ2n) is 7.11. The van der Waals surface area contributed by atoms with E-state index in [9.17, 15) is 14.0 Å². The first kappa shape index (κ1) is 21.4. The Labute approximate surface area is 186 Å². The number of halogens is 2. The summed E-state index contributed by atoms with van der Waals surface area (Å²) < 4.78 is 17.3. The van der Waals surface area contributed by atoms with Crippen LogP contribution in [0.25, 0.3) is 11.2 Å². The molecule has 0 spiro atoms. The Morgan fingerprint density at radius 1 is 1.13 bits per heavy atom. The molecule has 2 heterocycles. The van der Waals surface area contributed by atoms with Gasteiger partial charge in [-0.05, 0) is 30.5 Å². The zero-order chi connectivity index (χ0) is 22.0. The van der Waals surface area contributed by atoms with Gasteiger partial charge in [0.25, 0.3) is 5.56 Å². The highest BCUT2D eigenvalue weighted by molar-refractivity contribution is 7.98. The zero-order valence-electron chi connectivity index (χ0n) is 16.8. The van der Waals surface area contributed by atoms with E-state index < -0.39 is 17.1 Å². The van der Waals surface area contributed by atoms with Gasteiger partial charge in [0.15, 0.2) is 16.3 Å². The van der Waals surface area contributed by atoms with Crippen molar-refractivity contribution >= 4 is 34.5 Å². The van der Waals surface area contributed by atoms with Gasteiger partial charge in [0, 0.05) is 29.9 Å². The summed E-state index contributed by atoms with van der Waals surface area (Å²) in [6.45, 7) is 0.528. The third kappa shape index (κ3) is 4.45. The molecule has 0 amide bonds. The summed E-state index contributed by atoms with van der Waals surface area (Å²) >= 11 is 7.44. The Kier molecular flexibility index (Phi) is 6.29. The first-order chi connectivity index (χ1) is 15.0. The highest BCUT2D eigenvalue weighted by atomic mass is 35.5. The number of H-pyrrole nitrogens is 1. The highest BCUT2D eigenvalue weighted by Crippen LogP contribution is 2.29. The number of benzene rings is 2. The van der Waals surface area contributed by atoms with Gasteiger partial charge in [0.2, 0.25) is 0 Å². The number of aryl methyl sites for hydroxylation is 3. The third-order valence-electron chi connectivity index (χ3n) is 5.07. The van der Waals surface area contributed by atoms with Gasteiger partial charge in [0.05, 0.1) is 0 Å². The van der Waals surface area contributed by atoms with E-state index in [1.54, 1.807) is 23.7 Å². The summed E-state index contributed by atoms with van der Waals surface area (Å²) in [5.74, 6) is -0.142. The van der Waals surface area contributed by atoms with E-state index in [0.29, 0.717) is 33.5 Å². The van der Waals surface area contributed by atoms with Crippen molar-refractivity contribution in [1.82, 2.24) is 19.1 Å². The van der Waals surface area contributed by atoms with Gasteiger partial charge >= 0.3 is 5.69 Å². The van der Waals surface area contributed by atoms with Crippen molar-refractivity contribution in [3.05, 3.63) is 91.3 Å². The molecule has 9 heteroatoms. The molecule has 0 saturated heterocycles. The Bertz CT molecular complexity index is 1330. The van der Waals surface area contributed by atoms with E-state index in [1.165, 1.54) is 28.0 Å². The summed E-state index contributed by atoms with van der Waals surface area (Å²) in [7, 11) is 1.56. The monoisotopic (exact) mass is 458 g/mol. The molecule has 2 aromatic carbocycles. The van der Waals surface area contributed by atoms with Crippen LogP contribution in [0.5, 0.6) is 0 Å². The van der Waals surface area contributed by atoms with E-state index in [1.807, 2.05) is 18.2 Å². The van der Waals surface area contributed by atoms with E-state index in [4.69, 9.17) is 11.6 Å². The molecule has 31 heavy (non-hydrogen) atoms. The van der Waals surface area contributed by atoms with Crippen molar-refractivity contribution in [1.29, 1.82) is 0 Å². The van der Waals surface area contributed by atoms with E-state index in [-0.39, 0.29) is 5.75 Å². The van der Waals surface area contributed by atoms with Gasteiger partial charge in [-0.3, -0.25) is 14.3 Å². The Morgan fingerprint density at radius 3 is 2.65 bits per heavy atom. The first-order valence-electron chi connectivity index (χ1n) is 9.75. The predicted octanol–water partition coefficient (Wildman–Crippen LogP) is 4.14. The molecular formula is C22H20ClFN4O2S. The number of thioether (sulfide) groups is 1. The van der Waals surface area contributed by atoms with Crippen LogP contribution in [0, 0.1) is 5.82 Å². The Morgan fingerprint density at radius 2 is 1.90 bits per heavy atom. The average molecular weight is 459 g/mol. The van der Waals surface area contributed by atoms with Crippen LogP contribution in [-0.2, 0) is 25.8 Å². The second-order valence-corrected chi connectivity index (χ2v) is 8.46. The number of fused-ring (bicyclic) bond motifs is 1. The summed E-state index contributed by atoms with van der Waals surface area (Å²) in [4.78, 5) is 31.5. The summed E-state index contributed by atoms with van der Waals surface area (Å²) in [5, 5.41) is 0.874. The van der Waals surface area contributed by atoms with E-state index in [2.05, 4.69) is 22.1 Å². The predicted molar refractivity (Wildman–Crippen MR) is 121 cm³/mol. The van der Waals surface area contributed by atoms with Crippen LogP contribution in [0.3, 0.4) is 0 Å². The van der Waals surface area contributed by atoms with Crippen molar-refractivity contribution in [3.63, 3.8) is 0 Å². The zero-order valence-corrected chi connectivity index (χ0v) is 18.3. The maximum atomic E-state index is 14.2. The fourth-order valence-electron chi connectivity index (χ4n) is 3.43. The lowest BCUT2D eigenvalue weighted by Gasteiger charge is -2.10. The molecular weight excluding hydrogens is 439 g/mol. The molecule has 0 radical (unpaired) electrons. The van der Waals surface area contributed by atoms with Crippen molar-refractivity contribution in [2.45, 2.75) is 30.3 Å². The second kappa shape index (κ2) is 9.11. The fraction of sp³-hybridized carbons (Fsp3) is 0.227. The van der Waals surface area contributed by atoms with Crippen LogP contribution in [0.15, 0.2) is 63.3 Å². The Balaban J connectivity index is 1.68. The molecule has 0 bridgehead atoms. The number of aromatic nitrogens is 4. The molecule has 4 rings (SSSR count). The molecule has 160 valence electrons. The van der Waals surface area contributed by atoms with Crippen molar-refractivity contribution in [2.24, 2.45) is 7.05 Å². The topological polar surface area (TPSA) is 72.7 Å². The van der Waals surface area contributed by atoms with Gasteiger partial charge in [0.1, 0.15) is 5.82 Å².